The molecule has 1 aliphatic heterocycles. The first-order valence-corrected chi connectivity index (χ1v) is 9.44. The first-order chi connectivity index (χ1) is 12.9. The molecule has 0 aliphatic carbocycles. The Balaban J connectivity index is 0.00000392. The number of aliphatic imine (C=N–C) groups is 1. The number of likely N-dealkylation sites (tertiary alicyclic amines) is 1. The predicted octanol–water partition coefficient (Wildman–Crippen LogP) is 3.08. The van der Waals surface area contributed by atoms with E-state index < -0.39 is 12.7 Å². The Morgan fingerprint density at radius 2 is 2.04 bits per heavy atom. The first-order valence-electron chi connectivity index (χ1n) is 9.44. The second-order valence-corrected chi connectivity index (χ2v) is 6.77. The molecule has 0 radical (unpaired) electrons. The highest BCUT2D eigenvalue weighted by Gasteiger charge is 2.29. The third-order valence-corrected chi connectivity index (χ3v) is 4.45. The van der Waals surface area contributed by atoms with Crippen molar-refractivity contribution in [1.29, 1.82) is 0 Å². The minimum absolute atomic E-state index is 0. The van der Waals surface area contributed by atoms with Crippen molar-refractivity contribution in [3.05, 3.63) is 24.2 Å². The number of rotatable bonds is 9. The van der Waals surface area contributed by atoms with E-state index in [0.717, 1.165) is 18.8 Å². The maximum atomic E-state index is 12.4. The van der Waals surface area contributed by atoms with E-state index in [2.05, 4.69) is 20.5 Å². The highest BCUT2D eigenvalue weighted by Crippen LogP contribution is 2.25. The Kier molecular flexibility index (Phi) is 11.2. The monoisotopic (exact) mass is 517 g/mol. The van der Waals surface area contributed by atoms with Gasteiger partial charge in [-0.2, -0.15) is 13.2 Å². The topological polar surface area (TPSA) is 56.0 Å². The Morgan fingerprint density at radius 3 is 2.61 bits per heavy atom. The molecule has 162 valence electrons. The highest BCUT2D eigenvalue weighted by molar-refractivity contribution is 14.0. The lowest BCUT2D eigenvalue weighted by atomic mass is 10.2. The van der Waals surface area contributed by atoms with Crippen molar-refractivity contribution in [2.24, 2.45) is 4.99 Å². The Labute approximate surface area is 181 Å². The van der Waals surface area contributed by atoms with Gasteiger partial charge < -0.3 is 15.1 Å². The summed E-state index contributed by atoms with van der Waals surface area (Å²) in [5, 5.41) is 6.25. The molecule has 0 saturated carbocycles. The van der Waals surface area contributed by atoms with E-state index in [1.54, 1.807) is 6.26 Å². The Bertz CT molecular complexity index is 562. The number of hydrogen-bond donors (Lipinski definition) is 2. The van der Waals surface area contributed by atoms with E-state index >= 15 is 0 Å². The number of nitrogens with one attached hydrogen (secondary N) is 2. The molecule has 1 fully saturated rings. The molecule has 2 heterocycles. The van der Waals surface area contributed by atoms with Crippen molar-refractivity contribution in [3.63, 3.8) is 0 Å². The van der Waals surface area contributed by atoms with Crippen LogP contribution in [0.25, 0.3) is 0 Å². The van der Waals surface area contributed by atoms with Crippen molar-refractivity contribution in [1.82, 2.24) is 20.4 Å². The number of hydrogen-bond acceptors (Lipinski definition) is 4. The van der Waals surface area contributed by atoms with Gasteiger partial charge in [0.2, 0.25) is 0 Å². The van der Waals surface area contributed by atoms with E-state index in [-0.39, 0.29) is 36.6 Å². The lowest BCUT2D eigenvalue weighted by molar-refractivity contribution is -0.142. The number of guanidine groups is 1. The molecule has 2 N–H and O–H groups in total. The molecule has 1 aromatic heterocycles. The van der Waals surface area contributed by atoms with Crippen LogP contribution in [0, 0.1) is 0 Å². The first kappa shape index (κ1) is 25.0. The zero-order valence-electron chi connectivity index (χ0n) is 16.5. The number of likely N-dealkylation sites (N-methyl/N-ethyl adjacent to an activating group) is 1. The van der Waals surface area contributed by atoms with Gasteiger partial charge in [-0.15, -0.1) is 24.0 Å². The SMILES string of the molecule is CCNC(=NCC(c1ccco1)N1CCCC1)NCCN(C)CC(F)(F)F.I. The molecule has 1 aromatic rings. The maximum Gasteiger partial charge on any atom is 0.401 e. The zero-order chi connectivity index (χ0) is 19.7. The Hall–Kier alpha value is -1.01. The van der Waals surface area contributed by atoms with E-state index in [0.29, 0.717) is 25.6 Å². The van der Waals surface area contributed by atoms with Crippen LogP contribution in [0.3, 0.4) is 0 Å². The van der Waals surface area contributed by atoms with Gasteiger partial charge in [0.1, 0.15) is 5.76 Å². The number of nitrogens with zero attached hydrogens (tertiary/aromatic N) is 3. The van der Waals surface area contributed by atoms with Gasteiger partial charge >= 0.3 is 6.18 Å². The van der Waals surface area contributed by atoms with Gasteiger partial charge in [0, 0.05) is 19.6 Å². The van der Waals surface area contributed by atoms with Gasteiger partial charge in [0.15, 0.2) is 5.96 Å². The molecule has 0 aromatic carbocycles. The second kappa shape index (κ2) is 12.5. The van der Waals surface area contributed by atoms with Gasteiger partial charge in [-0.05, 0) is 52.0 Å². The summed E-state index contributed by atoms with van der Waals surface area (Å²) in [6.07, 6.45) is -0.170. The number of alkyl halides is 3. The average molecular weight is 517 g/mol. The van der Waals surface area contributed by atoms with Crippen LogP contribution in [0.4, 0.5) is 13.2 Å². The van der Waals surface area contributed by atoms with Gasteiger partial charge in [0.05, 0.1) is 25.4 Å². The van der Waals surface area contributed by atoms with E-state index in [9.17, 15) is 13.2 Å². The molecule has 2 rings (SSSR count). The molecule has 28 heavy (non-hydrogen) atoms. The number of halogens is 4. The highest BCUT2D eigenvalue weighted by atomic mass is 127. The fourth-order valence-corrected chi connectivity index (χ4v) is 3.19. The minimum Gasteiger partial charge on any atom is -0.468 e. The van der Waals surface area contributed by atoms with Crippen LogP contribution in [-0.4, -0.2) is 74.8 Å². The van der Waals surface area contributed by atoms with E-state index in [1.807, 2.05) is 19.1 Å². The lowest BCUT2D eigenvalue weighted by Crippen LogP contribution is -2.43. The van der Waals surface area contributed by atoms with Crippen LogP contribution < -0.4 is 10.6 Å². The molecule has 0 amide bonds. The molecule has 10 heteroatoms. The summed E-state index contributed by atoms with van der Waals surface area (Å²) in [5.74, 6) is 1.50. The van der Waals surface area contributed by atoms with Crippen molar-refractivity contribution in [3.8, 4) is 0 Å². The third-order valence-electron chi connectivity index (χ3n) is 4.45. The van der Waals surface area contributed by atoms with Crippen LogP contribution in [0.1, 0.15) is 31.6 Å². The summed E-state index contributed by atoms with van der Waals surface area (Å²) < 4.78 is 42.8. The zero-order valence-corrected chi connectivity index (χ0v) is 18.8. The molecule has 0 spiro atoms. The van der Waals surface area contributed by atoms with Gasteiger partial charge in [-0.3, -0.25) is 14.8 Å². The predicted molar refractivity (Wildman–Crippen MR) is 115 cm³/mol. The van der Waals surface area contributed by atoms with Crippen molar-refractivity contribution in [2.45, 2.75) is 32.0 Å². The van der Waals surface area contributed by atoms with Crippen molar-refractivity contribution >= 4 is 29.9 Å². The van der Waals surface area contributed by atoms with Crippen LogP contribution in [0.5, 0.6) is 0 Å². The maximum absolute atomic E-state index is 12.4. The smallest absolute Gasteiger partial charge is 0.401 e. The standard InChI is InChI=1S/C18H30F3N5O.HI/c1-3-22-17(23-8-11-25(2)14-18(19,20)21)24-13-15(16-7-6-12-27-16)26-9-4-5-10-26;/h6-7,12,15H,3-5,8-11,13-14H2,1-2H3,(H2,22,23,24);1H. The summed E-state index contributed by atoms with van der Waals surface area (Å²) in [6, 6.07) is 3.92. The summed E-state index contributed by atoms with van der Waals surface area (Å²) in [6.45, 7) is 4.95. The largest absolute Gasteiger partial charge is 0.468 e. The summed E-state index contributed by atoms with van der Waals surface area (Å²) in [5.41, 5.74) is 0. The van der Waals surface area contributed by atoms with Crippen molar-refractivity contribution < 1.29 is 17.6 Å². The van der Waals surface area contributed by atoms with E-state index in [1.165, 1.54) is 24.8 Å². The molecular formula is C18H31F3IN5O. The van der Waals surface area contributed by atoms with Crippen LogP contribution >= 0.6 is 24.0 Å². The Morgan fingerprint density at radius 1 is 1.32 bits per heavy atom. The normalized spacial score (nSPS) is 16.9. The molecule has 1 unspecified atom stereocenters. The van der Waals surface area contributed by atoms with Crippen LogP contribution in [0.15, 0.2) is 27.8 Å². The van der Waals surface area contributed by atoms with Gasteiger partial charge in [-0.1, -0.05) is 0 Å². The lowest BCUT2D eigenvalue weighted by Gasteiger charge is -2.25. The summed E-state index contributed by atoms with van der Waals surface area (Å²) in [7, 11) is 1.46. The average Bonchev–Trinajstić information content (AvgIpc) is 3.27. The van der Waals surface area contributed by atoms with Gasteiger partial charge in [-0.25, -0.2) is 0 Å². The molecule has 1 atom stereocenters. The van der Waals surface area contributed by atoms with Gasteiger partial charge in [0.25, 0.3) is 0 Å². The quantitative estimate of drug-likeness (QED) is 0.300. The molecule has 0 bridgehead atoms. The minimum atomic E-state index is -4.18. The molecule has 1 saturated heterocycles. The van der Waals surface area contributed by atoms with E-state index in [4.69, 9.17) is 4.42 Å². The molecular weight excluding hydrogens is 486 g/mol. The van der Waals surface area contributed by atoms with Crippen LogP contribution in [0.2, 0.25) is 0 Å². The third kappa shape index (κ3) is 8.99. The second-order valence-electron chi connectivity index (χ2n) is 6.77. The van der Waals surface area contributed by atoms with Crippen LogP contribution in [-0.2, 0) is 0 Å². The number of furan rings is 1. The van der Waals surface area contributed by atoms with Crippen molar-refractivity contribution in [2.75, 3.05) is 52.9 Å². The summed E-state index contributed by atoms with van der Waals surface area (Å²) in [4.78, 5) is 8.24. The molecule has 1 aliphatic rings. The molecule has 6 nitrogen and oxygen atoms in total. The fourth-order valence-electron chi connectivity index (χ4n) is 3.19. The summed E-state index contributed by atoms with van der Waals surface area (Å²) >= 11 is 0. The fraction of sp³-hybridized carbons (Fsp3) is 0.722.